The predicted molar refractivity (Wildman–Crippen MR) is 75.0 cm³/mol. The van der Waals surface area contributed by atoms with E-state index in [1.54, 1.807) is 13.0 Å². The molecule has 2 N–H and O–H groups in total. The molecule has 0 radical (unpaired) electrons. The molecule has 0 fully saturated rings. The maximum absolute atomic E-state index is 11.9. The fourth-order valence-electron chi connectivity index (χ4n) is 1.75. The highest BCUT2D eigenvalue weighted by atomic mass is 16.3. The minimum absolute atomic E-state index is 0.166. The van der Waals surface area contributed by atoms with Crippen LogP contribution < -0.4 is 5.32 Å². The van der Waals surface area contributed by atoms with Gasteiger partial charge in [0, 0.05) is 12.1 Å². The lowest BCUT2D eigenvalue weighted by Gasteiger charge is -2.04. The molecule has 0 aliphatic carbocycles. The van der Waals surface area contributed by atoms with Crippen molar-refractivity contribution in [2.75, 3.05) is 6.61 Å². The number of aryl methyl sites for hydroxylation is 1. The number of hydrogen-bond acceptors (Lipinski definition) is 3. The molecule has 0 aliphatic rings. The number of nitrogens with one attached hydrogen (secondary N) is 1. The van der Waals surface area contributed by atoms with Gasteiger partial charge in [-0.15, -0.1) is 0 Å². The molecular weight excluding hydrogens is 254 g/mol. The van der Waals surface area contributed by atoms with Gasteiger partial charge in [0.1, 0.15) is 18.6 Å². The number of aliphatic hydroxyl groups is 1. The molecule has 0 saturated heterocycles. The molecule has 0 unspecified atom stereocenters. The van der Waals surface area contributed by atoms with Crippen LogP contribution in [0.2, 0.25) is 0 Å². The average Bonchev–Trinajstić information content (AvgIpc) is 2.90. The first kappa shape index (κ1) is 13.9. The van der Waals surface area contributed by atoms with Gasteiger partial charge in [-0.05, 0) is 30.7 Å². The van der Waals surface area contributed by atoms with Gasteiger partial charge in [-0.3, -0.25) is 4.79 Å². The van der Waals surface area contributed by atoms with Gasteiger partial charge in [0.2, 0.25) is 0 Å². The summed E-state index contributed by atoms with van der Waals surface area (Å²) in [6, 6.07) is 9.20. The predicted octanol–water partition coefficient (Wildman–Crippen LogP) is 1.86. The second-order valence-corrected chi connectivity index (χ2v) is 4.29. The smallest absolute Gasteiger partial charge is 0.254 e. The summed E-state index contributed by atoms with van der Waals surface area (Å²) in [5.74, 6) is 5.95. The molecule has 2 aromatic rings. The monoisotopic (exact) mass is 269 g/mol. The number of rotatable bonds is 3. The van der Waals surface area contributed by atoms with Crippen molar-refractivity contribution in [1.82, 2.24) is 5.32 Å². The summed E-state index contributed by atoms with van der Waals surface area (Å²) in [5.41, 5.74) is 2.27. The van der Waals surface area contributed by atoms with Crippen molar-refractivity contribution in [3.05, 3.63) is 59.0 Å². The Hall–Kier alpha value is -2.51. The van der Waals surface area contributed by atoms with Crippen LogP contribution in [0.1, 0.15) is 27.2 Å². The largest absolute Gasteiger partial charge is 0.469 e. The van der Waals surface area contributed by atoms with Gasteiger partial charge in [-0.25, -0.2) is 0 Å². The molecule has 1 aromatic carbocycles. The third-order valence-corrected chi connectivity index (χ3v) is 2.68. The van der Waals surface area contributed by atoms with Gasteiger partial charge < -0.3 is 14.8 Å². The molecule has 0 atom stereocenters. The first-order chi connectivity index (χ1) is 9.69. The molecule has 1 amide bonds. The Balaban J connectivity index is 1.98. The van der Waals surface area contributed by atoms with E-state index in [4.69, 9.17) is 9.52 Å². The van der Waals surface area contributed by atoms with E-state index in [1.165, 1.54) is 6.26 Å². The molecule has 20 heavy (non-hydrogen) atoms. The third-order valence-electron chi connectivity index (χ3n) is 2.68. The van der Waals surface area contributed by atoms with Crippen LogP contribution in [-0.2, 0) is 6.54 Å². The highest BCUT2D eigenvalue weighted by Gasteiger charge is 2.07. The van der Waals surface area contributed by atoms with Gasteiger partial charge in [-0.2, -0.15) is 0 Å². The van der Waals surface area contributed by atoms with E-state index in [9.17, 15) is 4.79 Å². The maximum atomic E-state index is 11.9. The van der Waals surface area contributed by atoms with Crippen molar-refractivity contribution in [2.24, 2.45) is 0 Å². The third kappa shape index (κ3) is 3.74. The molecule has 0 saturated carbocycles. The van der Waals surface area contributed by atoms with Crippen LogP contribution in [0.4, 0.5) is 0 Å². The molecule has 2 rings (SSSR count). The number of carbonyl (C=O) groups is 1. The van der Waals surface area contributed by atoms with Crippen LogP contribution in [0, 0.1) is 18.8 Å². The second kappa shape index (κ2) is 6.60. The number of hydrogen-bond donors (Lipinski definition) is 2. The van der Waals surface area contributed by atoms with Gasteiger partial charge in [-0.1, -0.05) is 24.0 Å². The first-order valence-electron chi connectivity index (χ1n) is 6.21. The lowest BCUT2D eigenvalue weighted by Crippen LogP contribution is -2.22. The molecule has 1 heterocycles. The molecule has 0 aliphatic heterocycles. The van der Waals surface area contributed by atoms with Crippen LogP contribution in [0.25, 0.3) is 0 Å². The van der Waals surface area contributed by atoms with E-state index >= 15 is 0 Å². The number of furan rings is 1. The minimum atomic E-state index is -0.173. The number of aliphatic hydroxyl groups excluding tert-OH is 1. The standard InChI is InChI=1S/C16H15NO3/c1-12-8-15(11-20-12)16(19)17-10-14-5-2-4-13(9-14)6-3-7-18/h2,4-5,8-9,11,18H,7,10H2,1H3,(H,17,19). The van der Waals surface area contributed by atoms with E-state index in [-0.39, 0.29) is 12.5 Å². The summed E-state index contributed by atoms with van der Waals surface area (Å²) in [7, 11) is 0. The fourth-order valence-corrected chi connectivity index (χ4v) is 1.75. The highest BCUT2D eigenvalue weighted by molar-refractivity contribution is 5.93. The lowest BCUT2D eigenvalue weighted by atomic mass is 10.1. The van der Waals surface area contributed by atoms with E-state index in [2.05, 4.69) is 17.2 Å². The normalized spacial score (nSPS) is 9.70. The summed E-state index contributed by atoms with van der Waals surface area (Å²) in [6.45, 7) is 2.04. The van der Waals surface area contributed by atoms with Crippen LogP contribution in [0.3, 0.4) is 0 Å². The molecule has 0 spiro atoms. The van der Waals surface area contributed by atoms with Crippen molar-refractivity contribution in [2.45, 2.75) is 13.5 Å². The second-order valence-electron chi connectivity index (χ2n) is 4.29. The summed E-state index contributed by atoms with van der Waals surface area (Å²) in [6.07, 6.45) is 1.44. The molecule has 102 valence electrons. The fraction of sp³-hybridized carbons (Fsp3) is 0.188. The zero-order chi connectivity index (χ0) is 14.4. The highest BCUT2D eigenvalue weighted by Crippen LogP contribution is 2.07. The Morgan fingerprint density at radius 3 is 2.95 bits per heavy atom. The van der Waals surface area contributed by atoms with Gasteiger partial charge in [0.25, 0.3) is 5.91 Å². The number of carbonyl (C=O) groups excluding carboxylic acids is 1. The Morgan fingerprint density at radius 1 is 1.40 bits per heavy atom. The SMILES string of the molecule is Cc1cc(C(=O)NCc2cccc(C#CCO)c2)co1. The molecule has 1 aromatic heterocycles. The summed E-state index contributed by atoms with van der Waals surface area (Å²) in [5, 5.41) is 11.5. The van der Waals surface area contributed by atoms with E-state index < -0.39 is 0 Å². The number of amides is 1. The van der Waals surface area contributed by atoms with Crippen molar-refractivity contribution in [3.8, 4) is 11.8 Å². The average molecular weight is 269 g/mol. The van der Waals surface area contributed by atoms with Gasteiger partial charge >= 0.3 is 0 Å². The van der Waals surface area contributed by atoms with Crippen LogP contribution in [-0.4, -0.2) is 17.6 Å². The van der Waals surface area contributed by atoms with Crippen LogP contribution in [0.5, 0.6) is 0 Å². The molecule has 4 nitrogen and oxygen atoms in total. The Morgan fingerprint density at radius 2 is 2.25 bits per heavy atom. The first-order valence-corrected chi connectivity index (χ1v) is 6.21. The summed E-state index contributed by atoms with van der Waals surface area (Å²) >= 11 is 0. The topological polar surface area (TPSA) is 62.5 Å². The van der Waals surface area contributed by atoms with E-state index in [0.717, 1.165) is 11.1 Å². The quantitative estimate of drug-likeness (QED) is 0.836. The zero-order valence-corrected chi connectivity index (χ0v) is 11.1. The van der Waals surface area contributed by atoms with Crippen molar-refractivity contribution in [3.63, 3.8) is 0 Å². The van der Waals surface area contributed by atoms with E-state index in [1.807, 2.05) is 24.3 Å². The zero-order valence-electron chi connectivity index (χ0n) is 11.1. The molecule has 4 heteroatoms. The van der Waals surface area contributed by atoms with Crippen molar-refractivity contribution < 1.29 is 14.3 Å². The summed E-state index contributed by atoms with van der Waals surface area (Å²) < 4.78 is 5.10. The minimum Gasteiger partial charge on any atom is -0.469 e. The maximum Gasteiger partial charge on any atom is 0.254 e. The van der Waals surface area contributed by atoms with Gasteiger partial charge in [0.05, 0.1) is 5.56 Å². The summed E-state index contributed by atoms with van der Waals surface area (Å²) in [4.78, 5) is 11.9. The molecular formula is C16H15NO3. The lowest BCUT2D eigenvalue weighted by molar-refractivity contribution is 0.0950. The van der Waals surface area contributed by atoms with Crippen molar-refractivity contribution in [1.29, 1.82) is 0 Å². The Bertz CT molecular complexity index is 662. The Kier molecular flexibility index (Phi) is 4.59. The van der Waals surface area contributed by atoms with Crippen LogP contribution >= 0.6 is 0 Å². The van der Waals surface area contributed by atoms with Gasteiger partial charge in [0.15, 0.2) is 0 Å². The Labute approximate surface area is 117 Å². The van der Waals surface area contributed by atoms with Crippen molar-refractivity contribution >= 4 is 5.91 Å². The van der Waals surface area contributed by atoms with Crippen LogP contribution in [0.15, 0.2) is 41.0 Å². The van der Waals surface area contributed by atoms with E-state index in [0.29, 0.717) is 17.9 Å². The molecule has 0 bridgehead atoms. The number of benzene rings is 1.